The highest BCUT2D eigenvalue weighted by Gasteiger charge is 2.25. The maximum absolute atomic E-state index is 6.05. The van der Waals surface area contributed by atoms with Crippen molar-refractivity contribution in [2.45, 2.75) is 32.4 Å². The first kappa shape index (κ1) is 13.3. The summed E-state index contributed by atoms with van der Waals surface area (Å²) in [6.07, 6.45) is 2.30. The van der Waals surface area contributed by atoms with Crippen LogP contribution >= 0.6 is 22.7 Å². The van der Waals surface area contributed by atoms with Gasteiger partial charge in [-0.15, -0.1) is 22.7 Å². The summed E-state index contributed by atoms with van der Waals surface area (Å²) in [7, 11) is 0. The minimum atomic E-state index is 0.387. The van der Waals surface area contributed by atoms with E-state index in [9.17, 15) is 0 Å². The van der Waals surface area contributed by atoms with Gasteiger partial charge in [0, 0.05) is 34.3 Å². The van der Waals surface area contributed by atoms with Crippen molar-refractivity contribution in [1.29, 1.82) is 0 Å². The first-order chi connectivity index (χ1) is 9.31. The highest BCUT2D eigenvalue weighted by Crippen LogP contribution is 2.32. The fraction of sp³-hybridized carbons (Fsp3) is 0.467. The summed E-state index contributed by atoms with van der Waals surface area (Å²) in [5.41, 5.74) is 7.55. The Hall–Kier alpha value is -0.680. The van der Waals surface area contributed by atoms with E-state index in [2.05, 4.69) is 35.4 Å². The van der Waals surface area contributed by atoms with Gasteiger partial charge in [-0.25, -0.2) is 0 Å². The lowest BCUT2D eigenvalue weighted by atomic mass is 10.1. The molecule has 0 amide bonds. The largest absolute Gasteiger partial charge is 0.329 e. The Morgan fingerprint density at radius 3 is 3.00 bits per heavy atom. The van der Waals surface area contributed by atoms with Crippen LogP contribution in [0.25, 0.3) is 0 Å². The van der Waals surface area contributed by atoms with Gasteiger partial charge in [-0.05, 0) is 42.0 Å². The summed E-state index contributed by atoms with van der Waals surface area (Å²) in [5.74, 6) is 0. The summed E-state index contributed by atoms with van der Waals surface area (Å²) in [4.78, 5) is 6.99. The third-order valence-corrected chi connectivity index (χ3v) is 6.21. The van der Waals surface area contributed by atoms with E-state index in [0.29, 0.717) is 12.6 Å². The van der Waals surface area contributed by atoms with Gasteiger partial charge in [0.2, 0.25) is 0 Å². The third-order valence-electron chi connectivity index (χ3n) is 3.86. The number of rotatable bonds is 4. The Balaban J connectivity index is 1.80. The number of hydrogen-bond donors (Lipinski definition) is 1. The molecule has 3 heterocycles. The number of nitrogens with two attached hydrogens (primary N) is 1. The zero-order valence-electron chi connectivity index (χ0n) is 11.3. The maximum atomic E-state index is 6.05. The lowest BCUT2D eigenvalue weighted by molar-refractivity contribution is 0.188. The molecular weight excluding hydrogens is 272 g/mol. The summed E-state index contributed by atoms with van der Waals surface area (Å²) in [5, 5.41) is 2.21. The molecule has 3 rings (SSSR count). The molecule has 4 heteroatoms. The molecule has 0 spiro atoms. The first-order valence-electron chi connectivity index (χ1n) is 6.89. The number of thiophene rings is 2. The fourth-order valence-electron chi connectivity index (χ4n) is 2.75. The van der Waals surface area contributed by atoms with Gasteiger partial charge in [0.15, 0.2) is 0 Å². The van der Waals surface area contributed by atoms with Gasteiger partial charge in [0.1, 0.15) is 0 Å². The Bertz CT molecular complexity index is 544. The van der Waals surface area contributed by atoms with E-state index in [0.717, 1.165) is 19.5 Å². The van der Waals surface area contributed by atoms with Crippen LogP contribution in [0.4, 0.5) is 0 Å². The van der Waals surface area contributed by atoms with Crippen LogP contribution in [-0.4, -0.2) is 18.0 Å². The zero-order valence-corrected chi connectivity index (χ0v) is 12.9. The van der Waals surface area contributed by atoms with Gasteiger partial charge < -0.3 is 5.73 Å². The van der Waals surface area contributed by atoms with Gasteiger partial charge in [0.25, 0.3) is 0 Å². The predicted molar refractivity (Wildman–Crippen MR) is 83.9 cm³/mol. The molecular formula is C15H20N2S2. The van der Waals surface area contributed by atoms with E-state index in [1.54, 1.807) is 4.88 Å². The van der Waals surface area contributed by atoms with Crippen LogP contribution in [-0.2, 0) is 19.4 Å². The van der Waals surface area contributed by atoms with E-state index < -0.39 is 0 Å². The molecule has 1 aliphatic rings. The molecule has 1 aliphatic heterocycles. The van der Waals surface area contributed by atoms with Gasteiger partial charge in [-0.3, -0.25) is 4.90 Å². The van der Waals surface area contributed by atoms with Gasteiger partial charge in [-0.1, -0.05) is 6.92 Å². The molecule has 102 valence electrons. The normalized spacial score (nSPS) is 17.4. The van der Waals surface area contributed by atoms with Crippen LogP contribution in [0.1, 0.15) is 33.2 Å². The van der Waals surface area contributed by atoms with Crippen molar-refractivity contribution in [2.75, 3.05) is 13.1 Å². The fourth-order valence-corrected chi connectivity index (χ4v) is 4.74. The number of fused-ring (bicyclic) bond motifs is 1. The SMILES string of the molecule is CCc1ccc(C(CN)N2CCc3sccc3C2)s1. The molecule has 0 saturated carbocycles. The second-order valence-corrected chi connectivity index (χ2v) is 7.20. The molecule has 0 fully saturated rings. The molecule has 0 bridgehead atoms. The second-order valence-electron chi connectivity index (χ2n) is 5.00. The number of aryl methyl sites for hydroxylation is 1. The predicted octanol–water partition coefficient (Wildman–Crippen LogP) is 3.43. The monoisotopic (exact) mass is 292 g/mol. The molecule has 2 N–H and O–H groups in total. The van der Waals surface area contributed by atoms with Crippen molar-refractivity contribution in [2.24, 2.45) is 5.73 Å². The van der Waals surface area contributed by atoms with E-state index in [1.165, 1.54) is 21.7 Å². The summed E-state index contributed by atoms with van der Waals surface area (Å²) in [6.45, 7) is 5.11. The summed E-state index contributed by atoms with van der Waals surface area (Å²) in [6, 6.07) is 7.18. The van der Waals surface area contributed by atoms with Gasteiger partial charge in [-0.2, -0.15) is 0 Å². The minimum Gasteiger partial charge on any atom is -0.329 e. The Morgan fingerprint density at radius 2 is 2.26 bits per heavy atom. The van der Waals surface area contributed by atoms with Crippen molar-refractivity contribution in [1.82, 2.24) is 4.90 Å². The lowest BCUT2D eigenvalue weighted by Crippen LogP contribution is -2.36. The van der Waals surface area contributed by atoms with E-state index in [4.69, 9.17) is 5.73 Å². The second kappa shape index (κ2) is 5.75. The topological polar surface area (TPSA) is 29.3 Å². The van der Waals surface area contributed by atoms with Crippen molar-refractivity contribution < 1.29 is 0 Å². The Labute approximate surface area is 122 Å². The first-order valence-corrected chi connectivity index (χ1v) is 8.59. The van der Waals surface area contributed by atoms with Crippen molar-refractivity contribution in [3.8, 4) is 0 Å². The van der Waals surface area contributed by atoms with E-state index in [1.807, 2.05) is 22.7 Å². The molecule has 1 atom stereocenters. The molecule has 2 aromatic rings. The van der Waals surface area contributed by atoms with Crippen LogP contribution in [0, 0.1) is 0 Å². The average molecular weight is 292 g/mol. The average Bonchev–Trinajstić information content (AvgIpc) is 3.07. The third kappa shape index (κ3) is 2.63. The Kier molecular flexibility index (Phi) is 4.03. The van der Waals surface area contributed by atoms with Crippen LogP contribution in [0.15, 0.2) is 23.6 Å². The molecule has 1 unspecified atom stereocenters. The van der Waals surface area contributed by atoms with Crippen molar-refractivity contribution >= 4 is 22.7 Å². The smallest absolute Gasteiger partial charge is 0.0567 e. The lowest BCUT2D eigenvalue weighted by Gasteiger charge is -2.33. The van der Waals surface area contributed by atoms with Crippen molar-refractivity contribution in [3.05, 3.63) is 43.8 Å². The molecule has 19 heavy (non-hydrogen) atoms. The number of nitrogens with zero attached hydrogens (tertiary/aromatic N) is 1. The minimum absolute atomic E-state index is 0.387. The van der Waals surface area contributed by atoms with Gasteiger partial charge >= 0.3 is 0 Å². The zero-order chi connectivity index (χ0) is 13.2. The van der Waals surface area contributed by atoms with Crippen LogP contribution < -0.4 is 5.73 Å². The molecule has 0 radical (unpaired) electrons. The standard InChI is InChI=1S/C15H20N2S2/c1-2-12-3-4-15(19-12)13(9-16)17-7-5-14-11(10-17)6-8-18-14/h3-4,6,8,13H,2,5,7,9-10,16H2,1H3. The maximum Gasteiger partial charge on any atom is 0.0567 e. The summed E-state index contributed by atoms with van der Waals surface area (Å²) >= 11 is 3.82. The van der Waals surface area contributed by atoms with Crippen LogP contribution in [0.5, 0.6) is 0 Å². The molecule has 0 saturated heterocycles. The van der Waals surface area contributed by atoms with E-state index >= 15 is 0 Å². The van der Waals surface area contributed by atoms with Gasteiger partial charge in [0.05, 0.1) is 6.04 Å². The molecule has 2 aromatic heterocycles. The highest BCUT2D eigenvalue weighted by atomic mass is 32.1. The Morgan fingerprint density at radius 1 is 1.37 bits per heavy atom. The summed E-state index contributed by atoms with van der Waals surface area (Å²) < 4.78 is 0. The highest BCUT2D eigenvalue weighted by molar-refractivity contribution is 7.12. The van der Waals surface area contributed by atoms with Crippen LogP contribution in [0.2, 0.25) is 0 Å². The van der Waals surface area contributed by atoms with Crippen LogP contribution in [0.3, 0.4) is 0 Å². The van der Waals surface area contributed by atoms with E-state index in [-0.39, 0.29) is 0 Å². The quantitative estimate of drug-likeness (QED) is 0.935. The molecule has 2 nitrogen and oxygen atoms in total. The molecule has 0 aliphatic carbocycles. The van der Waals surface area contributed by atoms with Crippen molar-refractivity contribution in [3.63, 3.8) is 0 Å². The molecule has 0 aromatic carbocycles. The number of hydrogen-bond acceptors (Lipinski definition) is 4.